The maximum atomic E-state index is 5.97. The fourth-order valence-corrected chi connectivity index (χ4v) is 3.52. The van der Waals surface area contributed by atoms with Crippen molar-refractivity contribution in [2.24, 2.45) is 11.8 Å². The van der Waals surface area contributed by atoms with E-state index in [0.717, 1.165) is 43.4 Å². The van der Waals surface area contributed by atoms with E-state index in [-0.39, 0.29) is 0 Å². The fraction of sp³-hybridized carbons (Fsp3) is 0.458. The van der Waals surface area contributed by atoms with Crippen LogP contribution in [0.4, 0.5) is 0 Å². The number of aromatic nitrogens is 1. The Balaban J connectivity index is 1.53. The number of para-hydroxylation sites is 1. The Bertz CT molecular complexity index is 765. The third-order valence-corrected chi connectivity index (χ3v) is 5.11. The summed E-state index contributed by atoms with van der Waals surface area (Å²) in [6.07, 6.45) is 8.73. The number of likely N-dealkylation sites (tertiary alicyclic amines) is 1. The molecule has 4 nitrogen and oxygen atoms in total. The zero-order valence-electron chi connectivity index (χ0n) is 17.3. The number of nitrogens with zero attached hydrogens (tertiary/aromatic N) is 2. The highest BCUT2D eigenvalue weighted by atomic mass is 16.5. The molecule has 150 valence electrons. The molecule has 0 saturated carbocycles. The highest BCUT2D eigenvalue weighted by Gasteiger charge is 2.18. The van der Waals surface area contributed by atoms with Gasteiger partial charge in [0.25, 0.3) is 0 Å². The smallest absolute Gasteiger partial charge is 0.217 e. The average molecular weight is 381 g/mol. The second-order valence-electron chi connectivity index (χ2n) is 7.89. The number of allylic oxidation sites excluding steroid dienone is 1. The van der Waals surface area contributed by atoms with Crippen molar-refractivity contribution < 1.29 is 9.47 Å². The van der Waals surface area contributed by atoms with E-state index in [1.54, 1.807) is 13.3 Å². The van der Waals surface area contributed by atoms with Crippen LogP contribution in [0.3, 0.4) is 0 Å². The predicted octanol–water partition coefficient (Wildman–Crippen LogP) is 5.05. The van der Waals surface area contributed by atoms with Gasteiger partial charge < -0.3 is 9.47 Å². The third-order valence-electron chi connectivity index (χ3n) is 5.11. The summed E-state index contributed by atoms with van der Waals surface area (Å²) < 4.78 is 11.3. The predicted molar refractivity (Wildman–Crippen MR) is 115 cm³/mol. The van der Waals surface area contributed by atoms with Crippen LogP contribution in [0, 0.1) is 11.8 Å². The first-order valence-corrected chi connectivity index (χ1v) is 10.3. The van der Waals surface area contributed by atoms with Crippen molar-refractivity contribution in [3.63, 3.8) is 0 Å². The van der Waals surface area contributed by atoms with Crippen molar-refractivity contribution >= 4 is 6.08 Å². The van der Waals surface area contributed by atoms with Gasteiger partial charge in [-0.05, 0) is 49.9 Å². The molecule has 1 aliphatic rings. The van der Waals surface area contributed by atoms with Crippen LogP contribution < -0.4 is 9.47 Å². The number of hydrogen-bond donors (Lipinski definition) is 0. The molecule has 3 rings (SSSR count). The first kappa shape index (κ1) is 20.4. The fourth-order valence-electron chi connectivity index (χ4n) is 3.52. The largest absolute Gasteiger partial charge is 0.493 e. The van der Waals surface area contributed by atoms with Gasteiger partial charge in [-0.25, -0.2) is 4.98 Å². The van der Waals surface area contributed by atoms with Gasteiger partial charge in [0.2, 0.25) is 5.88 Å². The molecule has 0 unspecified atom stereocenters. The number of methoxy groups -OCH3 is 1. The molecular formula is C24H32N2O2. The van der Waals surface area contributed by atoms with Crippen molar-refractivity contribution in [2.75, 3.05) is 26.8 Å². The van der Waals surface area contributed by atoms with Gasteiger partial charge in [0, 0.05) is 23.9 Å². The Morgan fingerprint density at radius 3 is 2.68 bits per heavy atom. The van der Waals surface area contributed by atoms with Crippen LogP contribution >= 0.6 is 0 Å². The molecule has 0 radical (unpaired) electrons. The van der Waals surface area contributed by atoms with Gasteiger partial charge in [-0.2, -0.15) is 0 Å². The summed E-state index contributed by atoms with van der Waals surface area (Å²) in [7, 11) is 1.69. The van der Waals surface area contributed by atoms with Crippen LogP contribution in [0.1, 0.15) is 37.8 Å². The van der Waals surface area contributed by atoms with Gasteiger partial charge >= 0.3 is 0 Å². The van der Waals surface area contributed by atoms with Crippen LogP contribution in [-0.2, 0) is 6.54 Å². The number of benzene rings is 1. The third kappa shape index (κ3) is 5.83. The maximum absolute atomic E-state index is 5.97. The highest BCUT2D eigenvalue weighted by Crippen LogP contribution is 2.25. The summed E-state index contributed by atoms with van der Waals surface area (Å²) in [4.78, 5) is 6.79. The first-order valence-electron chi connectivity index (χ1n) is 10.3. The average Bonchev–Trinajstić information content (AvgIpc) is 2.72. The molecule has 0 bridgehead atoms. The molecule has 4 heteroatoms. The molecule has 1 saturated heterocycles. The minimum atomic E-state index is 0.528. The van der Waals surface area contributed by atoms with Gasteiger partial charge in [-0.15, -0.1) is 0 Å². The van der Waals surface area contributed by atoms with Crippen LogP contribution in [0.5, 0.6) is 11.6 Å². The van der Waals surface area contributed by atoms with E-state index in [4.69, 9.17) is 9.47 Å². The Labute approximate surface area is 169 Å². The lowest BCUT2D eigenvalue weighted by atomic mass is 9.95. The Morgan fingerprint density at radius 1 is 1.14 bits per heavy atom. The van der Waals surface area contributed by atoms with E-state index in [2.05, 4.69) is 60.1 Å². The minimum Gasteiger partial charge on any atom is -0.493 e. The molecule has 0 spiro atoms. The molecule has 2 heterocycles. The SMILES string of the molecule is COc1ncccc1CN1CCC(C=Cc2ccccc2OCC(C)C)CC1. The number of hydrogen-bond acceptors (Lipinski definition) is 4. The summed E-state index contributed by atoms with van der Waals surface area (Å²) in [5.41, 5.74) is 2.33. The van der Waals surface area contributed by atoms with Gasteiger partial charge in [-0.1, -0.05) is 50.3 Å². The van der Waals surface area contributed by atoms with Gasteiger partial charge in [0.1, 0.15) is 5.75 Å². The van der Waals surface area contributed by atoms with Crippen LogP contribution in [0.15, 0.2) is 48.7 Å². The molecule has 2 aromatic rings. The van der Waals surface area contributed by atoms with Crippen molar-refractivity contribution in [3.8, 4) is 11.6 Å². The lowest BCUT2D eigenvalue weighted by molar-refractivity contribution is 0.193. The number of rotatable bonds is 8. The van der Waals surface area contributed by atoms with E-state index in [0.29, 0.717) is 11.8 Å². The van der Waals surface area contributed by atoms with E-state index in [1.165, 1.54) is 18.4 Å². The van der Waals surface area contributed by atoms with Crippen LogP contribution in [0.25, 0.3) is 6.08 Å². The lowest BCUT2D eigenvalue weighted by Gasteiger charge is -2.30. The molecule has 1 aromatic heterocycles. The zero-order chi connectivity index (χ0) is 19.8. The Hall–Kier alpha value is -2.33. The normalized spacial score (nSPS) is 16.0. The molecule has 0 atom stereocenters. The van der Waals surface area contributed by atoms with Crippen molar-refractivity contribution in [2.45, 2.75) is 33.2 Å². The van der Waals surface area contributed by atoms with Gasteiger partial charge in [-0.3, -0.25) is 4.90 Å². The molecule has 0 aliphatic carbocycles. The maximum Gasteiger partial charge on any atom is 0.217 e. The van der Waals surface area contributed by atoms with Gasteiger partial charge in [0.05, 0.1) is 13.7 Å². The summed E-state index contributed by atoms with van der Waals surface area (Å²) in [6, 6.07) is 12.4. The molecule has 1 aliphatic heterocycles. The summed E-state index contributed by atoms with van der Waals surface area (Å²) in [6.45, 7) is 8.19. The van der Waals surface area contributed by atoms with Crippen molar-refractivity contribution in [1.29, 1.82) is 0 Å². The molecule has 1 fully saturated rings. The topological polar surface area (TPSA) is 34.6 Å². The number of ether oxygens (including phenoxy) is 2. The molecule has 0 amide bonds. The lowest BCUT2D eigenvalue weighted by Crippen LogP contribution is -2.32. The zero-order valence-corrected chi connectivity index (χ0v) is 17.3. The Morgan fingerprint density at radius 2 is 1.93 bits per heavy atom. The summed E-state index contributed by atoms with van der Waals surface area (Å²) in [5.74, 6) is 2.86. The van der Waals surface area contributed by atoms with E-state index < -0.39 is 0 Å². The second-order valence-corrected chi connectivity index (χ2v) is 7.89. The van der Waals surface area contributed by atoms with Gasteiger partial charge in [0.15, 0.2) is 0 Å². The Kier molecular flexibility index (Phi) is 7.49. The summed E-state index contributed by atoms with van der Waals surface area (Å²) in [5, 5.41) is 0. The molecule has 0 N–H and O–H groups in total. The minimum absolute atomic E-state index is 0.528. The van der Waals surface area contributed by atoms with Crippen molar-refractivity contribution in [3.05, 3.63) is 59.8 Å². The van der Waals surface area contributed by atoms with E-state index in [9.17, 15) is 0 Å². The quantitative estimate of drug-likeness (QED) is 0.642. The molecule has 1 aromatic carbocycles. The van der Waals surface area contributed by atoms with Crippen LogP contribution in [-0.4, -0.2) is 36.7 Å². The second kappa shape index (κ2) is 10.3. The standard InChI is InChI=1S/C24H32N2O2/c1-19(2)18-28-23-9-5-4-7-21(23)11-10-20-12-15-26(16-13-20)17-22-8-6-14-25-24(22)27-3/h4-11,14,19-20H,12-13,15-18H2,1-3H3. The first-order chi connectivity index (χ1) is 13.7. The number of pyridine rings is 1. The monoisotopic (exact) mass is 380 g/mol. The highest BCUT2D eigenvalue weighted by molar-refractivity contribution is 5.57. The van der Waals surface area contributed by atoms with E-state index in [1.807, 2.05) is 12.1 Å². The number of piperidine rings is 1. The van der Waals surface area contributed by atoms with E-state index >= 15 is 0 Å². The van der Waals surface area contributed by atoms with Crippen molar-refractivity contribution in [1.82, 2.24) is 9.88 Å². The molecular weight excluding hydrogens is 348 g/mol. The summed E-state index contributed by atoms with van der Waals surface area (Å²) >= 11 is 0. The molecule has 28 heavy (non-hydrogen) atoms. The van der Waals surface area contributed by atoms with Crippen LogP contribution in [0.2, 0.25) is 0 Å².